The smallest absolute Gasteiger partial charge is 0.260 e. The fourth-order valence-electron chi connectivity index (χ4n) is 2.51. The third-order valence-electron chi connectivity index (χ3n) is 3.54. The molecule has 0 unspecified atom stereocenters. The Bertz CT molecular complexity index is 1080. The van der Waals surface area contributed by atoms with Crippen molar-refractivity contribution in [3.8, 4) is 11.4 Å². The first-order valence-corrected chi connectivity index (χ1v) is 7.77. The second kappa shape index (κ2) is 4.97. The van der Waals surface area contributed by atoms with Crippen LogP contribution in [0.15, 0.2) is 51.7 Å². The van der Waals surface area contributed by atoms with Crippen LogP contribution in [-0.2, 0) is 0 Å². The lowest BCUT2D eigenvalue weighted by Gasteiger charge is -2.04. The van der Waals surface area contributed by atoms with E-state index in [1.807, 2.05) is 42.5 Å². The number of nitrogens with one attached hydrogen (secondary N) is 2. The number of aromatic nitrogens is 3. The van der Waals surface area contributed by atoms with Gasteiger partial charge in [0.1, 0.15) is 11.4 Å². The summed E-state index contributed by atoms with van der Waals surface area (Å²) in [5.74, 6) is 0.463. The number of benzene rings is 2. The monoisotopic (exact) mass is 373 g/mol. The molecule has 4 rings (SSSR count). The van der Waals surface area contributed by atoms with E-state index in [4.69, 9.17) is 11.6 Å². The summed E-state index contributed by atoms with van der Waals surface area (Å²) in [6.45, 7) is 0. The first kappa shape index (κ1) is 13.5. The molecule has 108 valence electrons. The number of hydrogen-bond donors (Lipinski definition) is 2. The molecule has 0 aliphatic rings. The second-order valence-corrected chi connectivity index (χ2v) is 6.23. The van der Waals surface area contributed by atoms with Crippen molar-refractivity contribution in [1.82, 2.24) is 15.0 Å². The number of hydrogen-bond acceptors (Lipinski definition) is 2. The average Bonchev–Trinajstić information content (AvgIpc) is 2.89. The lowest BCUT2D eigenvalue weighted by molar-refractivity contribution is 1.25. The lowest BCUT2D eigenvalue weighted by atomic mass is 10.1. The zero-order valence-corrected chi connectivity index (χ0v) is 13.5. The largest absolute Gasteiger partial charge is 0.338 e. The number of halogens is 2. The van der Waals surface area contributed by atoms with E-state index in [2.05, 4.69) is 30.9 Å². The van der Waals surface area contributed by atoms with Crippen molar-refractivity contribution in [3.63, 3.8) is 0 Å². The van der Waals surface area contributed by atoms with E-state index in [-0.39, 0.29) is 5.56 Å². The van der Waals surface area contributed by atoms with Gasteiger partial charge in [0.2, 0.25) is 0 Å². The summed E-state index contributed by atoms with van der Waals surface area (Å²) in [6.07, 6.45) is 0. The Morgan fingerprint density at radius 1 is 1.05 bits per heavy atom. The Morgan fingerprint density at radius 2 is 1.86 bits per heavy atom. The van der Waals surface area contributed by atoms with Crippen LogP contribution in [-0.4, -0.2) is 15.0 Å². The first-order chi connectivity index (χ1) is 10.6. The highest BCUT2D eigenvalue weighted by Crippen LogP contribution is 2.30. The van der Waals surface area contributed by atoms with Crippen LogP contribution >= 0.6 is 27.5 Å². The van der Waals surface area contributed by atoms with Crippen molar-refractivity contribution in [2.24, 2.45) is 0 Å². The molecule has 22 heavy (non-hydrogen) atoms. The maximum Gasteiger partial charge on any atom is 0.260 e. The topological polar surface area (TPSA) is 61.5 Å². The number of para-hydroxylation sites is 1. The van der Waals surface area contributed by atoms with Crippen LogP contribution in [0, 0.1) is 0 Å². The summed E-state index contributed by atoms with van der Waals surface area (Å²) < 4.78 is 0.939. The molecule has 0 amide bonds. The summed E-state index contributed by atoms with van der Waals surface area (Å²) in [4.78, 5) is 22.9. The predicted octanol–water partition coefficient (Wildman–Crippen LogP) is 4.49. The van der Waals surface area contributed by atoms with Crippen LogP contribution in [0.2, 0.25) is 5.02 Å². The number of rotatable bonds is 1. The number of aromatic amines is 2. The van der Waals surface area contributed by atoms with Crippen molar-refractivity contribution in [2.75, 3.05) is 0 Å². The second-order valence-electron chi connectivity index (χ2n) is 4.94. The normalized spacial score (nSPS) is 11.4. The lowest BCUT2D eigenvalue weighted by Crippen LogP contribution is -2.10. The third-order valence-corrected chi connectivity index (χ3v) is 4.42. The molecule has 2 aromatic carbocycles. The Morgan fingerprint density at radius 3 is 2.73 bits per heavy atom. The van der Waals surface area contributed by atoms with E-state index in [1.54, 1.807) is 0 Å². The number of fused-ring (bicyclic) bond motifs is 2. The van der Waals surface area contributed by atoms with Crippen molar-refractivity contribution in [2.45, 2.75) is 0 Å². The fraction of sp³-hybridized carbons (Fsp3) is 0. The van der Waals surface area contributed by atoms with Gasteiger partial charge in [-0.05, 0) is 24.3 Å². The number of H-pyrrole nitrogens is 2. The average molecular weight is 375 g/mol. The molecule has 2 aromatic heterocycles. The molecular weight excluding hydrogens is 366 g/mol. The van der Waals surface area contributed by atoms with Crippen LogP contribution in [0.5, 0.6) is 0 Å². The summed E-state index contributed by atoms with van der Waals surface area (Å²) in [5, 5.41) is 1.19. The molecule has 4 aromatic rings. The van der Waals surface area contributed by atoms with Crippen LogP contribution in [0.3, 0.4) is 0 Å². The molecule has 0 saturated heterocycles. The number of imidazole rings is 1. The standard InChI is InChI=1S/C16H9BrClN3O/c17-8-5-6-11-12(7-8)20-15(19-11)13-14(18)9-3-1-2-4-10(9)21-16(13)22/h1-7H,(H,19,20)(H,21,22). The molecule has 2 N–H and O–H groups in total. The molecule has 0 saturated carbocycles. The van der Waals surface area contributed by atoms with Gasteiger partial charge in [0.15, 0.2) is 0 Å². The highest BCUT2D eigenvalue weighted by Gasteiger charge is 2.16. The van der Waals surface area contributed by atoms with Gasteiger partial charge in [-0.25, -0.2) is 4.98 Å². The molecule has 0 atom stereocenters. The molecule has 0 aliphatic carbocycles. The van der Waals surface area contributed by atoms with E-state index < -0.39 is 0 Å². The van der Waals surface area contributed by atoms with E-state index in [1.165, 1.54) is 0 Å². The van der Waals surface area contributed by atoms with Crippen LogP contribution in [0.4, 0.5) is 0 Å². The Hall–Kier alpha value is -2.11. The van der Waals surface area contributed by atoms with Gasteiger partial charge >= 0.3 is 0 Å². The summed E-state index contributed by atoms with van der Waals surface area (Å²) in [7, 11) is 0. The zero-order valence-electron chi connectivity index (χ0n) is 11.2. The third kappa shape index (κ3) is 2.05. The van der Waals surface area contributed by atoms with Gasteiger partial charge in [-0.1, -0.05) is 45.7 Å². The maximum absolute atomic E-state index is 12.4. The van der Waals surface area contributed by atoms with E-state index in [0.717, 1.165) is 20.9 Å². The van der Waals surface area contributed by atoms with Gasteiger partial charge in [0, 0.05) is 15.4 Å². The minimum Gasteiger partial charge on any atom is -0.338 e. The molecule has 2 heterocycles. The van der Waals surface area contributed by atoms with Crippen LogP contribution in [0.1, 0.15) is 0 Å². The van der Waals surface area contributed by atoms with Gasteiger partial charge in [0.25, 0.3) is 5.56 Å². The summed E-state index contributed by atoms with van der Waals surface area (Å²) >= 11 is 9.87. The molecule has 0 bridgehead atoms. The van der Waals surface area contributed by atoms with Gasteiger partial charge in [-0.2, -0.15) is 0 Å². The van der Waals surface area contributed by atoms with Gasteiger partial charge in [0.05, 0.1) is 16.1 Å². The Kier molecular flexibility index (Phi) is 3.06. The number of nitrogens with zero attached hydrogens (tertiary/aromatic N) is 1. The van der Waals surface area contributed by atoms with E-state index in [0.29, 0.717) is 21.9 Å². The van der Waals surface area contributed by atoms with Crippen molar-refractivity contribution in [1.29, 1.82) is 0 Å². The molecule has 4 nitrogen and oxygen atoms in total. The quantitative estimate of drug-likeness (QED) is 0.516. The molecule has 0 radical (unpaired) electrons. The predicted molar refractivity (Wildman–Crippen MR) is 92.4 cm³/mol. The molecular formula is C16H9BrClN3O. The molecule has 0 fully saturated rings. The van der Waals surface area contributed by atoms with E-state index in [9.17, 15) is 4.79 Å². The van der Waals surface area contributed by atoms with E-state index >= 15 is 0 Å². The van der Waals surface area contributed by atoms with Gasteiger partial charge in [-0.3, -0.25) is 4.79 Å². The van der Waals surface area contributed by atoms with Crippen molar-refractivity contribution < 1.29 is 0 Å². The fourth-order valence-corrected chi connectivity index (χ4v) is 3.22. The Labute approximate surface area is 138 Å². The minimum atomic E-state index is -0.262. The van der Waals surface area contributed by atoms with Crippen molar-refractivity contribution >= 4 is 49.5 Å². The van der Waals surface area contributed by atoms with Crippen LogP contribution in [0.25, 0.3) is 33.3 Å². The summed E-state index contributed by atoms with van der Waals surface area (Å²) in [5.41, 5.74) is 2.42. The SMILES string of the molecule is O=c1[nH]c2ccccc2c(Cl)c1-c1nc2ccc(Br)cc2[nH]1. The molecule has 0 aliphatic heterocycles. The Balaban J connectivity index is 2.05. The van der Waals surface area contributed by atoms with Crippen LogP contribution < -0.4 is 5.56 Å². The zero-order chi connectivity index (χ0) is 15.3. The molecule has 6 heteroatoms. The number of pyridine rings is 1. The highest BCUT2D eigenvalue weighted by molar-refractivity contribution is 9.10. The van der Waals surface area contributed by atoms with Gasteiger partial charge in [-0.15, -0.1) is 0 Å². The molecule has 0 spiro atoms. The summed E-state index contributed by atoms with van der Waals surface area (Å²) in [6, 6.07) is 13.1. The highest BCUT2D eigenvalue weighted by atomic mass is 79.9. The minimum absolute atomic E-state index is 0.262. The maximum atomic E-state index is 12.4. The van der Waals surface area contributed by atoms with Crippen molar-refractivity contribution in [3.05, 3.63) is 62.3 Å². The first-order valence-electron chi connectivity index (χ1n) is 6.59. The van der Waals surface area contributed by atoms with Gasteiger partial charge < -0.3 is 9.97 Å².